The van der Waals surface area contributed by atoms with Crippen molar-refractivity contribution in [2.24, 2.45) is 23.2 Å². The van der Waals surface area contributed by atoms with E-state index in [9.17, 15) is 24.0 Å². The molecule has 4 amide bonds. The highest BCUT2D eigenvalue weighted by molar-refractivity contribution is 6.38. The van der Waals surface area contributed by atoms with E-state index in [0.29, 0.717) is 19.4 Å². The SMILES string of the molecule is C=CCNC(=O)C(=O)C(CCC)NC(=O)[C@@H]1C2C(CN1C(=O)[C@@H](NC(=O)OCC=C)C1CCCC1)C2(C)C. The third-order valence-corrected chi connectivity index (χ3v) is 8.34. The van der Waals surface area contributed by atoms with Crippen molar-refractivity contribution in [3.05, 3.63) is 25.3 Å². The molecule has 1 aliphatic heterocycles. The van der Waals surface area contributed by atoms with Crippen molar-refractivity contribution in [2.75, 3.05) is 19.7 Å². The second-order valence-electron chi connectivity index (χ2n) is 11.2. The topological polar surface area (TPSA) is 134 Å². The molecule has 5 atom stereocenters. The molecule has 3 fully saturated rings. The number of ether oxygens (including phenoxy) is 1. The highest BCUT2D eigenvalue weighted by atomic mass is 16.5. The Hall–Kier alpha value is -3.17. The van der Waals surface area contributed by atoms with Gasteiger partial charge in [0, 0.05) is 13.1 Å². The summed E-state index contributed by atoms with van der Waals surface area (Å²) in [6.07, 6.45) is 6.64. The van der Waals surface area contributed by atoms with Crippen LogP contribution in [0.1, 0.15) is 59.3 Å². The number of hydrogen-bond donors (Lipinski definition) is 3. The number of rotatable bonds is 13. The number of carbonyl (C=O) groups excluding carboxylic acids is 5. The van der Waals surface area contributed by atoms with Gasteiger partial charge in [0.05, 0.1) is 6.04 Å². The van der Waals surface area contributed by atoms with Crippen LogP contribution in [0.3, 0.4) is 0 Å². The second kappa shape index (κ2) is 12.6. The fourth-order valence-corrected chi connectivity index (χ4v) is 6.19. The molecular formula is C28H42N4O6. The van der Waals surface area contributed by atoms with Crippen molar-refractivity contribution in [2.45, 2.75) is 77.4 Å². The Bertz CT molecular complexity index is 957. The molecule has 10 heteroatoms. The van der Waals surface area contributed by atoms with Gasteiger partial charge in [0.1, 0.15) is 18.7 Å². The molecule has 3 N–H and O–H groups in total. The molecule has 210 valence electrons. The van der Waals surface area contributed by atoms with Crippen LogP contribution >= 0.6 is 0 Å². The van der Waals surface area contributed by atoms with E-state index in [1.54, 1.807) is 4.90 Å². The van der Waals surface area contributed by atoms with Crippen LogP contribution < -0.4 is 16.0 Å². The predicted octanol–water partition coefficient (Wildman–Crippen LogP) is 2.10. The van der Waals surface area contributed by atoms with Crippen LogP contribution in [-0.4, -0.2) is 72.3 Å². The molecule has 3 unspecified atom stereocenters. The van der Waals surface area contributed by atoms with Gasteiger partial charge < -0.3 is 25.6 Å². The molecule has 0 bridgehead atoms. The zero-order chi connectivity index (χ0) is 28.0. The van der Waals surface area contributed by atoms with Crippen LogP contribution in [-0.2, 0) is 23.9 Å². The average Bonchev–Trinajstić information content (AvgIpc) is 3.35. The third kappa shape index (κ3) is 6.27. The lowest BCUT2D eigenvalue weighted by Crippen LogP contribution is -2.59. The number of hydrogen-bond acceptors (Lipinski definition) is 6. The molecular weight excluding hydrogens is 488 g/mol. The van der Waals surface area contributed by atoms with Gasteiger partial charge in [-0.15, -0.1) is 6.58 Å². The minimum atomic E-state index is -0.993. The zero-order valence-electron chi connectivity index (χ0n) is 22.8. The van der Waals surface area contributed by atoms with Gasteiger partial charge >= 0.3 is 6.09 Å². The number of nitrogens with one attached hydrogen (secondary N) is 3. The number of likely N-dealkylation sites (tertiary alicyclic amines) is 1. The predicted molar refractivity (Wildman–Crippen MR) is 142 cm³/mol. The highest BCUT2D eigenvalue weighted by Crippen LogP contribution is 2.65. The maximum absolute atomic E-state index is 13.9. The summed E-state index contributed by atoms with van der Waals surface area (Å²) in [6, 6.07) is -2.59. The Kier molecular flexibility index (Phi) is 9.73. The summed E-state index contributed by atoms with van der Waals surface area (Å²) < 4.78 is 5.09. The lowest BCUT2D eigenvalue weighted by molar-refractivity contribution is -0.144. The smallest absolute Gasteiger partial charge is 0.408 e. The maximum Gasteiger partial charge on any atom is 0.408 e. The molecule has 0 aromatic heterocycles. The monoisotopic (exact) mass is 530 g/mol. The molecule has 0 radical (unpaired) electrons. The van der Waals surface area contributed by atoms with Crippen molar-refractivity contribution in [1.29, 1.82) is 0 Å². The Morgan fingerprint density at radius 3 is 2.37 bits per heavy atom. The molecule has 10 nitrogen and oxygen atoms in total. The maximum atomic E-state index is 13.9. The van der Waals surface area contributed by atoms with E-state index in [1.165, 1.54) is 12.2 Å². The standard InChI is InChI=1S/C28H42N4O6/c1-6-11-19(23(33)25(35)29-14-7-2)30-24(34)22-20-18(28(20,4)5)16-32(22)26(36)21(17-12-9-10-13-17)31-27(37)38-15-8-3/h7-8,17-22H,2-3,6,9-16H2,1,4-5H3,(H,29,35)(H,30,34)(H,31,37)/t18?,19?,20?,21-,22-/m0/s1. The highest BCUT2D eigenvalue weighted by Gasteiger charge is 2.69. The number of carbonyl (C=O) groups is 5. The van der Waals surface area contributed by atoms with Crippen molar-refractivity contribution in [1.82, 2.24) is 20.9 Å². The molecule has 3 aliphatic rings. The summed E-state index contributed by atoms with van der Waals surface area (Å²) in [4.78, 5) is 66.7. The Labute approximate surface area is 225 Å². The number of piperidine rings is 1. The molecule has 1 heterocycles. The largest absolute Gasteiger partial charge is 0.445 e. The lowest BCUT2D eigenvalue weighted by atomic mass is 9.94. The fraction of sp³-hybridized carbons (Fsp3) is 0.679. The van der Waals surface area contributed by atoms with E-state index in [0.717, 1.165) is 25.7 Å². The first-order chi connectivity index (χ1) is 18.1. The van der Waals surface area contributed by atoms with Crippen LogP contribution in [0, 0.1) is 23.2 Å². The third-order valence-electron chi connectivity index (χ3n) is 8.34. The van der Waals surface area contributed by atoms with E-state index >= 15 is 0 Å². The summed E-state index contributed by atoms with van der Waals surface area (Å²) in [7, 11) is 0. The Morgan fingerprint density at radius 2 is 1.76 bits per heavy atom. The van der Waals surface area contributed by atoms with Gasteiger partial charge in [-0.3, -0.25) is 19.2 Å². The molecule has 0 aromatic carbocycles. The van der Waals surface area contributed by atoms with Crippen molar-refractivity contribution in [3.63, 3.8) is 0 Å². The van der Waals surface area contributed by atoms with Crippen LogP contribution in [0.15, 0.2) is 25.3 Å². The van der Waals surface area contributed by atoms with Gasteiger partial charge in [0.2, 0.25) is 17.6 Å². The Morgan fingerprint density at radius 1 is 1.08 bits per heavy atom. The number of alkyl carbamates (subject to hydrolysis) is 1. The minimum Gasteiger partial charge on any atom is -0.445 e. The van der Waals surface area contributed by atoms with E-state index in [4.69, 9.17) is 4.74 Å². The van der Waals surface area contributed by atoms with Crippen LogP contribution in [0.2, 0.25) is 0 Å². The van der Waals surface area contributed by atoms with E-state index in [2.05, 4.69) is 43.0 Å². The van der Waals surface area contributed by atoms with Crippen LogP contribution in [0.5, 0.6) is 0 Å². The normalized spacial score (nSPS) is 24.9. The molecule has 0 spiro atoms. The fourth-order valence-electron chi connectivity index (χ4n) is 6.19. The lowest BCUT2D eigenvalue weighted by Gasteiger charge is -2.35. The number of amides is 4. The van der Waals surface area contributed by atoms with Crippen molar-refractivity contribution >= 4 is 29.6 Å². The number of Topliss-reactive ketones (excluding diaryl/α,β-unsaturated/α-hetero) is 1. The van der Waals surface area contributed by atoms with Gasteiger partial charge in [-0.1, -0.05) is 58.8 Å². The molecule has 1 saturated heterocycles. The molecule has 38 heavy (non-hydrogen) atoms. The first kappa shape index (κ1) is 29.4. The van der Waals surface area contributed by atoms with Gasteiger partial charge in [0.15, 0.2) is 0 Å². The molecule has 0 aromatic rings. The second-order valence-corrected chi connectivity index (χ2v) is 11.2. The summed E-state index contributed by atoms with van der Waals surface area (Å²) >= 11 is 0. The van der Waals surface area contributed by atoms with E-state index in [-0.39, 0.29) is 42.2 Å². The van der Waals surface area contributed by atoms with Crippen molar-refractivity contribution in [3.8, 4) is 0 Å². The number of fused-ring (bicyclic) bond motifs is 1. The van der Waals surface area contributed by atoms with Crippen molar-refractivity contribution < 1.29 is 28.7 Å². The number of ketones is 1. The molecule has 3 rings (SSSR count). The van der Waals surface area contributed by atoms with Crippen LogP contribution in [0.4, 0.5) is 4.79 Å². The van der Waals surface area contributed by atoms with Gasteiger partial charge in [-0.05, 0) is 42.4 Å². The molecule has 2 aliphatic carbocycles. The quantitative estimate of drug-likeness (QED) is 0.247. The Balaban J connectivity index is 1.81. The van der Waals surface area contributed by atoms with E-state index in [1.807, 2.05) is 6.92 Å². The summed E-state index contributed by atoms with van der Waals surface area (Å²) in [5.41, 5.74) is -0.135. The first-order valence-corrected chi connectivity index (χ1v) is 13.7. The van der Waals surface area contributed by atoms with Gasteiger partial charge in [-0.2, -0.15) is 0 Å². The summed E-state index contributed by atoms with van der Waals surface area (Å²) in [5, 5.41) is 8.00. The average molecular weight is 531 g/mol. The zero-order valence-corrected chi connectivity index (χ0v) is 22.8. The number of nitrogens with zero attached hydrogens (tertiary/aromatic N) is 1. The van der Waals surface area contributed by atoms with Gasteiger partial charge in [-0.25, -0.2) is 4.79 Å². The van der Waals surface area contributed by atoms with Crippen LogP contribution in [0.25, 0.3) is 0 Å². The summed E-state index contributed by atoms with van der Waals surface area (Å²) in [6.45, 7) is 13.6. The minimum absolute atomic E-state index is 0.0255. The molecule has 2 saturated carbocycles. The van der Waals surface area contributed by atoms with Gasteiger partial charge in [0.25, 0.3) is 5.91 Å². The summed E-state index contributed by atoms with van der Waals surface area (Å²) in [5.74, 6) is -2.24. The first-order valence-electron chi connectivity index (χ1n) is 13.7. The van der Waals surface area contributed by atoms with E-state index < -0.39 is 41.8 Å².